The lowest BCUT2D eigenvalue weighted by molar-refractivity contribution is -0.385. The third kappa shape index (κ3) is 5.03. The molecule has 0 bridgehead atoms. The predicted molar refractivity (Wildman–Crippen MR) is 103 cm³/mol. The highest BCUT2D eigenvalue weighted by molar-refractivity contribution is 7.89. The SMILES string of the molecule is O=[N+]([O-])c1cccc(S(=O)(=O)NCCN2CCN(c3ccccc3)CC2)c1. The van der Waals surface area contributed by atoms with Crippen molar-refractivity contribution in [3.05, 3.63) is 64.7 Å². The van der Waals surface area contributed by atoms with Crippen LogP contribution in [0.15, 0.2) is 59.5 Å². The Morgan fingerprint density at radius 2 is 1.70 bits per heavy atom. The summed E-state index contributed by atoms with van der Waals surface area (Å²) in [6.07, 6.45) is 0. The number of hydrogen-bond acceptors (Lipinski definition) is 6. The van der Waals surface area contributed by atoms with Crippen molar-refractivity contribution in [2.24, 2.45) is 0 Å². The van der Waals surface area contributed by atoms with Crippen LogP contribution in [0.4, 0.5) is 11.4 Å². The van der Waals surface area contributed by atoms with Crippen LogP contribution in [0.1, 0.15) is 0 Å². The van der Waals surface area contributed by atoms with Gasteiger partial charge in [0.2, 0.25) is 10.0 Å². The Hall–Kier alpha value is -2.49. The van der Waals surface area contributed by atoms with Gasteiger partial charge >= 0.3 is 0 Å². The van der Waals surface area contributed by atoms with Crippen LogP contribution < -0.4 is 9.62 Å². The van der Waals surface area contributed by atoms with E-state index in [0.29, 0.717) is 6.54 Å². The summed E-state index contributed by atoms with van der Waals surface area (Å²) < 4.78 is 27.2. The van der Waals surface area contributed by atoms with E-state index in [0.717, 1.165) is 32.2 Å². The first-order valence-electron chi connectivity index (χ1n) is 8.72. The minimum absolute atomic E-state index is 0.0920. The van der Waals surface area contributed by atoms with Crippen molar-refractivity contribution >= 4 is 21.4 Å². The number of nitro groups is 1. The lowest BCUT2D eigenvalue weighted by atomic mass is 10.2. The number of non-ortho nitro benzene ring substituents is 1. The smallest absolute Gasteiger partial charge is 0.270 e. The quantitative estimate of drug-likeness (QED) is 0.571. The van der Waals surface area contributed by atoms with Crippen LogP contribution in [0, 0.1) is 10.1 Å². The van der Waals surface area contributed by atoms with E-state index in [9.17, 15) is 18.5 Å². The second-order valence-corrected chi connectivity index (χ2v) is 8.08. The molecule has 0 radical (unpaired) electrons. The summed E-state index contributed by atoms with van der Waals surface area (Å²) in [5.41, 5.74) is 0.957. The highest BCUT2D eigenvalue weighted by Crippen LogP contribution is 2.17. The summed E-state index contributed by atoms with van der Waals surface area (Å²) in [6, 6.07) is 15.3. The van der Waals surface area contributed by atoms with Crippen LogP contribution in [0.25, 0.3) is 0 Å². The van der Waals surface area contributed by atoms with Crippen LogP contribution in [0.3, 0.4) is 0 Å². The molecule has 3 rings (SSSR count). The van der Waals surface area contributed by atoms with Gasteiger partial charge in [-0.2, -0.15) is 0 Å². The van der Waals surface area contributed by atoms with Gasteiger partial charge in [-0.15, -0.1) is 0 Å². The Morgan fingerprint density at radius 3 is 2.37 bits per heavy atom. The number of benzene rings is 2. The van der Waals surface area contributed by atoms with Gasteiger partial charge in [0.05, 0.1) is 9.82 Å². The summed E-state index contributed by atoms with van der Waals surface area (Å²) in [5, 5.41) is 10.8. The van der Waals surface area contributed by atoms with E-state index in [-0.39, 0.29) is 17.1 Å². The molecule has 0 atom stereocenters. The summed E-state index contributed by atoms with van der Waals surface area (Å²) in [6.45, 7) is 4.34. The molecule has 1 saturated heterocycles. The van der Waals surface area contributed by atoms with Crippen LogP contribution in [-0.2, 0) is 10.0 Å². The Morgan fingerprint density at radius 1 is 1.00 bits per heavy atom. The van der Waals surface area contributed by atoms with Gasteiger partial charge in [0, 0.05) is 57.1 Å². The monoisotopic (exact) mass is 390 g/mol. The van der Waals surface area contributed by atoms with Crippen molar-refractivity contribution in [2.45, 2.75) is 4.90 Å². The first kappa shape index (κ1) is 19.3. The molecule has 0 saturated carbocycles. The number of nitro benzene ring substituents is 1. The maximum absolute atomic E-state index is 12.3. The molecule has 0 unspecified atom stereocenters. The number of sulfonamides is 1. The van der Waals surface area contributed by atoms with E-state index >= 15 is 0 Å². The molecule has 0 spiro atoms. The maximum atomic E-state index is 12.3. The van der Waals surface area contributed by atoms with Crippen LogP contribution >= 0.6 is 0 Å². The molecule has 1 fully saturated rings. The second kappa shape index (κ2) is 8.47. The number of anilines is 1. The molecular formula is C18H22N4O4S. The van der Waals surface area contributed by atoms with Gasteiger partial charge in [-0.05, 0) is 18.2 Å². The lowest BCUT2D eigenvalue weighted by Crippen LogP contribution is -2.48. The topological polar surface area (TPSA) is 95.8 Å². The second-order valence-electron chi connectivity index (χ2n) is 6.32. The van der Waals surface area contributed by atoms with Crippen molar-refractivity contribution in [1.29, 1.82) is 0 Å². The summed E-state index contributed by atoms with van der Waals surface area (Å²) in [5.74, 6) is 0. The van der Waals surface area contributed by atoms with Crippen LogP contribution in [0.2, 0.25) is 0 Å². The molecule has 1 heterocycles. The van der Waals surface area contributed by atoms with Crippen LogP contribution in [0.5, 0.6) is 0 Å². The maximum Gasteiger partial charge on any atom is 0.270 e. The number of nitrogens with one attached hydrogen (secondary N) is 1. The standard InChI is InChI=1S/C18H22N4O4S/c23-22(24)17-7-4-8-18(15-17)27(25,26)19-9-10-20-11-13-21(14-12-20)16-5-2-1-3-6-16/h1-8,15,19H,9-14H2. The molecule has 9 heteroatoms. The van der Waals surface area contributed by atoms with Crippen molar-refractivity contribution in [3.63, 3.8) is 0 Å². The highest BCUT2D eigenvalue weighted by atomic mass is 32.2. The van der Waals surface area contributed by atoms with Crippen molar-refractivity contribution in [1.82, 2.24) is 9.62 Å². The Balaban J connectivity index is 1.49. The van der Waals surface area contributed by atoms with Gasteiger partial charge in [0.1, 0.15) is 0 Å². The largest absolute Gasteiger partial charge is 0.369 e. The third-order valence-corrected chi connectivity index (χ3v) is 6.01. The van der Waals surface area contributed by atoms with Gasteiger partial charge in [-0.3, -0.25) is 15.0 Å². The molecule has 2 aromatic rings. The summed E-state index contributed by atoms with van der Waals surface area (Å²) >= 11 is 0. The first-order chi connectivity index (χ1) is 13.0. The van der Waals surface area contributed by atoms with Gasteiger partial charge in [0.15, 0.2) is 0 Å². The lowest BCUT2D eigenvalue weighted by Gasteiger charge is -2.36. The van der Waals surface area contributed by atoms with E-state index in [1.54, 1.807) is 0 Å². The molecule has 1 N–H and O–H groups in total. The zero-order chi connectivity index (χ0) is 19.3. The minimum Gasteiger partial charge on any atom is -0.369 e. The van der Waals surface area contributed by atoms with Gasteiger partial charge < -0.3 is 4.90 Å². The zero-order valence-electron chi connectivity index (χ0n) is 14.8. The molecule has 1 aliphatic rings. The molecule has 144 valence electrons. The molecule has 0 amide bonds. The molecule has 1 aliphatic heterocycles. The number of hydrogen-bond donors (Lipinski definition) is 1. The average molecular weight is 390 g/mol. The van der Waals surface area contributed by atoms with Crippen molar-refractivity contribution in [2.75, 3.05) is 44.2 Å². The van der Waals surface area contributed by atoms with Gasteiger partial charge in [0.25, 0.3) is 5.69 Å². The predicted octanol–water partition coefficient (Wildman–Crippen LogP) is 1.70. The minimum atomic E-state index is -3.76. The fraction of sp³-hybridized carbons (Fsp3) is 0.333. The van der Waals surface area contributed by atoms with E-state index < -0.39 is 14.9 Å². The fourth-order valence-electron chi connectivity index (χ4n) is 3.05. The van der Waals surface area contributed by atoms with E-state index in [4.69, 9.17) is 0 Å². The number of nitrogens with zero attached hydrogens (tertiary/aromatic N) is 3. The first-order valence-corrected chi connectivity index (χ1v) is 10.2. The Kier molecular flexibility index (Phi) is 6.04. The van der Waals surface area contributed by atoms with E-state index in [1.165, 1.54) is 23.9 Å². The molecule has 0 aliphatic carbocycles. The third-order valence-electron chi connectivity index (χ3n) is 4.55. The van der Waals surface area contributed by atoms with Gasteiger partial charge in [-0.25, -0.2) is 13.1 Å². The van der Waals surface area contributed by atoms with Gasteiger partial charge in [-0.1, -0.05) is 24.3 Å². The summed E-state index contributed by atoms with van der Waals surface area (Å²) in [7, 11) is -3.76. The van der Waals surface area contributed by atoms with E-state index in [2.05, 4.69) is 26.7 Å². The highest BCUT2D eigenvalue weighted by Gasteiger charge is 2.20. The van der Waals surface area contributed by atoms with Crippen molar-refractivity contribution < 1.29 is 13.3 Å². The van der Waals surface area contributed by atoms with Crippen molar-refractivity contribution in [3.8, 4) is 0 Å². The summed E-state index contributed by atoms with van der Waals surface area (Å²) in [4.78, 5) is 14.6. The molecule has 2 aromatic carbocycles. The zero-order valence-corrected chi connectivity index (χ0v) is 15.6. The molecular weight excluding hydrogens is 368 g/mol. The number of piperazine rings is 1. The Labute approximate surface area is 158 Å². The van der Waals surface area contributed by atoms with Crippen LogP contribution in [-0.4, -0.2) is 57.5 Å². The fourth-order valence-corrected chi connectivity index (χ4v) is 4.11. The number of para-hydroxylation sites is 1. The average Bonchev–Trinajstić information content (AvgIpc) is 2.69. The Bertz CT molecular complexity index is 881. The van der Waals surface area contributed by atoms with E-state index in [1.807, 2.05) is 18.2 Å². The number of rotatable bonds is 7. The molecule has 27 heavy (non-hydrogen) atoms. The molecule has 8 nitrogen and oxygen atoms in total. The normalized spacial score (nSPS) is 15.6. The molecule has 0 aromatic heterocycles.